The van der Waals surface area contributed by atoms with Crippen LogP contribution in [0.15, 0.2) is 91.0 Å². The maximum Gasteiger partial charge on any atom is 0.0653 e. The molecule has 0 aromatic heterocycles. The Bertz CT molecular complexity index is 805. The lowest BCUT2D eigenvalue weighted by Crippen LogP contribution is -2.69. The van der Waals surface area contributed by atoms with Gasteiger partial charge in [-0.2, -0.15) is 0 Å². The van der Waals surface area contributed by atoms with Crippen molar-refractivity contribution in [2.45, 2.75) is 78.2 Å². The number of rotatable bonds is 9. The van der Waals surface area contributed by atoms with Crippen LogP contribution in [0.2, 0.25) is 0 Å². The third-order valence-corrected chi connectivity index (χ3v) is 7.02. The van der Waals surface area contributed by atoms with E-state index in [-0.39, 0.29) is 0 Å². The van der Waals surface area contributed by atoms with E-state index in [1.165, 1.54) is 16.7 Å². The first-order chi connectivity index (χ1) is 16.2. The number of nitrogens with zero attached hydrogens (tertiary/aromatic N) is 3. The van der Waals surface area contributed by atoms with Gasteiger partial charge in [-0.3, -0.25) is 14.7 Å². The van der Waals surface area contributed by atoms with Gasteiger partial charge in [-0.15, -0.1) is 0 Å². The van der Waals surface area contributed by atoms with Gasteiger partial charge in [0.15, 0.2) is 0 Å². The molecule has 1 fully saturated rings. The molecule has 0 aliphatic carbocycles. The Hall–Kier alpha value is -2.46. The summed E-state index contributed by atoms with van der Waals surface area (Å²) >= 11 is 0. The Labute approximate surface area is 200 Å². The van der Waals surface area contributed by atoms with Gasteiger partial charge in [0.1, 0.15) is 0 Å². The smallest absolute Gasteiger partial charge is 0.0653 e. The first-order valence-corrected chi connectivity index (χ1v) is 12.6. The molecule has 33 heavy (non-hydrogen) atoms. The molecule has 3 aromatic carbocycles. The molecule has 1 aliphatic heterocycles. The minimum atomic E-state index is 0.410. The molecule has 3 nitrogen and oxygen atoms in total. The van der Waals surface area contributed by atoms with Gasteiger partial charge in [-0.05, 0) is 36.0 Å². The average molecular weight is 442 g/mol. The van der Waals surface area contributed by atoms with Crippen LogP contribution in [0.25, 0.3) is 0 Å². The summed E-state index contributed by atoms with van der Waals surface area (Å²) in [5, 5.41) is 0. The van der Waals surface area contributed by atoms with Crippen LogP contribution in [-0.2, 0) is 19.6 Å². The predicted molar refractivity (Wildman–Crippen MR) is 138 cm³/mol. The van der Waals surface area contributed by atoms with E-state index in [9.17, 15) is 0 Å². The maximum absolute atomic E-state index is 2.76. The summed E-state index contributed by atoms with van der Waals surface area (Å²) in [6.45, 7) is 9.99. The summed E-state index contributed by atoms with van der Waals surface area (Å²) in [5.41, 5.74) is 4.18. The van der Waals surface area contributed by atoms with Crippen LogP contribution in [-0.4, -0.2) is 33.2 Å². The Kier molecular flexibility index (Phi) is 8.33. The summed E-state index contributed by atoms with van der Waals surface area (Å²) in [6.07, 6.45) is 4.58. The van der Waals surface area contributed by atoms with Crippen molar-refractivity contribution in [2.75, 3.05) is 0 Å². The van der Waals surface area contributed by atoms with Crippen LogP contribution in [0.3, 0.4) is 0 Å². The van der Waals surface area contributed by atoms with Gasteiger partial charge in [0.2, 0.25) is 0 Å². The van der Waals surface area contributed by atoms with E-state index in [4.69, 9.17) is 0 Å². The molecule has 0 saturated carbocycles. The van der Waals surface area contributed by atoms with Gasteiger partial charge in [-0.1, -0.05) is 112 Å². The van der Waals surface area contributed by atoms with Crippen molar-refractivity contribution < 1.29 is 0 Å². The van der Waals surface area contributed by atoms with Gasteiger partial charge >= 0.3 is 0 Å². The van der Waals surface area contributed by atoms with Crippen molar-refractivity contribution >= 4 is 0 Å². The molecule has 3 heteroatoms. The fourth-order valence-electron chi connectivity index (χ4n) is 5.59. The summed E-state index contributed by atoms with van der Waals surface area (Å²) in [5.74, 6) is 0. The molecule has 0 amide bonds. The molecule has 0 spiro atoms. The van der Waals surface area contributed by atoms with Crippen molar-refractivity contribution in [1.82, 2.24) is 14.7 Å². The van der Waals surface area contributed by atoms with Gasteiger partial charge in [0.05, 0.1) is 18.5 Å². The van der Waals surface area contributed by atoms with Crippen molar-refractivity contribution in [3.05, 3.63) is 108 Å². The lowest BCUT2D eigenvalue weighted by molar-refractivity contribution is -0.188. The molecule has 174 valence electrons. The van der Waals surface area contributed by atoms with Crippen LogP contribution in [0.1, 0.15) is 56.7 Å². The molecule has 3 aromatic rings. The molecule has 4 rings (SSSR count). The second kappa shape index (κ2) is 11.6. The van der Waals surface area contributed by atoms with Crippen LogP contribution in [0.5, 0.6) is 0 Å². The van der Waals surface area contributed by atoms with Gasteiger partial charge in [0.25, 0.3) is 0 Å². The largest absolute Gasteiger partial charge is 0.268 e. The summed E-state index contributed by atoms with van der Waals surface area (Å²) < 4.78 is 0. The van der Waals surface area contributed by atoms with E-state index < -0.39 is 0 Å². The van der Waals surface area contributed by atoms with Crippen LogP contribution in [0, 0.1) is 0 Å². The second-order valence-corrected chi connectivity index (χ2v) is 9.14. The Morgan fingerprint density at radius 3 is 0.879 bits per heavy atom. The minimum Gasteiger partial charge on any atom is -0.268 e. The highest BCUT2D eigenvalue weighted by Crippen LogP contribution is 2.34. The quantitative estimate of drug-likeness (QED) is 0.365. The highest BCUT2D eigenvalue weighted by molar-refractivity contribution is 5.18. The molecule has 0 radical (unpaired) electrons. The van der Waals surface area contributed by atoms with E-state index >= 15 is 0 Å². The third-order valence-electron chi connectivity index (χ3n) is 7.02. The van der Waals surface area contributed by atoms with Crippen LogP contribution < -0.4 is 0 Å². The molecule has 0 bridgehead atoms. The van der Waals surface area contributed by atoms with Gasteiger partial charge in [0, 0.05) is 19.6 Å². The molecular formula is C30H39N3. The zero-order valence-electron chi connectivity index (χ0n) is 20.5. The first-order valence-electron chi connectivity index (χ1n) is 12.6. The summed E-state index contributed by atoms with van der Waals surface area (Å²) in [6, 6.07) is 33.0. The predicted octanol–water partition coefficient (Wildman–Crippen LogP) is 6.71. The number of benzene rings is 3. The standard InChI is InChI=1S/C30H39N3/c1-4-28-31(22-25-16-10-7-11-17-25)29(5-2)33(24-27-20-14-9-15-21-27)30(6-3)32(28)23-26-18-12-8-13-19-26/h7-21,28-30H,4-6,22-24H2,1-3H3. The maximum atomic E-state index is 2.76. The van der Waals surface area contributed by atoms with E-state index in [1.807, 2.05) is 0 Å². The minimum absolute atomic E-state index is 0.410. The third kappa shape index (κ3) is 5.55. The zero-order valence-corrected chi connectivity index (χ0v) is 20.5. The number of hydrogen-bond acceptors (Lipinski definition) is 3. The highest BCUT2D eigenvalue weighted by atomic mass is 15.6. The summed E-state index contributed by atoms with van der Waals surface area (Å²) in [4.78, 5) is 8.27. The van der Waals surface area contributed by atoms with Crippen LogP contribution >= 0.6 is 0 Å². The van der Waals surface area contributed by atoms with E-state index in [2.05, 4.69) is 126 Å². The molecule has 0 unspecified atom stereocenters. The molecule has 0 N–H and O–H groups in total. The van der Waals surface area contributed by atoms with Gasteiger partial charge < -0.3 is 0 Å². The lowest BCUT2D eigenvalue weighted by Gasteiger charge is -2.58. The molecule has 0 atom stereocenters. The normalized spacial score (nSPS) is 22.5. The second-order valence-electron chi connectivity index (χ2n) is 9.14. The van der Waals surface area contributed by atoms with Crippen molar-refractivity contribution in [3.63, 3.8) is 0 Å². The SMILES string of the molecule is CCC1N(Cc2ccccc2)C(CC)N(Cc2ccccc2)C(CC)N1Cc1ccccc1. The first kappa shape index (κ1) is 23.7. The highest BCUT2D eigenvalue weighted by Gasteiger charge is 2.43. The van der Waals surface area contributed by atoms with E-state index in [0.717, 1.165) is 38.9 Å². The molecule has 1 heterocycles. The molecule has 1 aliphatic rings. The van der Waals surface area contributed by atoms with Crippen molar-refractivity contribution in [2.24, 2.45) is 0 Å². The fraction of sp³-hybridized carbons (Fsp3) is 0.400. The Morgan fingerprint density at radius 1 is 0.424 bits per heavy atom. The fourth-order valence-corrected chi connectivity index (χ4v) is 5.59. The van der Waals surface area contributed by atoms with E-state index in [0.29, 0.717) is 18.5 Å². The van der Waals surface area contributed by atoms with E-state index in [1.54, 1.807) is 0 Å². The van der Waals surface area contributed by atoms with Gasteiger partial charge in [-0.25, -0.2) is 0 Å². The molecule has 1 saturated heterocycles. The zero-order chi connectivity index (χ0) is 23.0. The number of hydrogen-bond donors (Lipinski definition) is 0. The lowest BCUT2D eigenvalue weighted by atomic mass is 10.0. The van der Waals surface area contributed by atoms with Crippen LogP contribution in [0.4, 0.5) is 0 Å². The topological polar surface area (TPSA) is 9.72 Å². The monoisotopic (exact) mass is 441 g/mol. The average Bonchev–Trinajstić information content (AvgIpc) is 2.86. The van der Waals surface area contributed by atoms with Crippen molar-refractivity contribution in [3.8, 4) is 0 Å². The van der Waals surface area contributed by atoms with Crippen molar-refractivity contribution in [1.29, 1.82) is 0 Å². The Balaban J connectivity index is 1.73. The Morgan fingerprint density at radius 2 is 0.667 bits per heavy atom. The summed E-state index contributed by atoms with van der Waals surface area (Å²) in [7, 11) is 0. The molecular weight excluding hydrogens is 402 g/mol.